The highest BCUT2D eigenvalue weighted by molar-refractivity contribution is 5.90. The van der Waals surface area contributed by atoms with E-state index in [-0.39, 0.29) is 6.61 Å². The number of amides is 1. The quantitative estimate of drug-likeness (QED) is 0.707. The normalized spacial score (nSPS) is 13.5. The number of alkyl halides is 3. The lowest BCUT2D eigenvalue weighted by Crippen LogP contribution is -2.46. The first-order valence-electron chi connectivity index (χ1n) is 6.55. The van der Waals surface area contributed by atoms with Gasteiger partial charge in [-0.2, -0.15) is 13.2 Å². The number of carboxylic acids is 1. The molecule has 128 valence electrons. The Labute approximate surface area is 126 Å². The molecule has 6 nitrogen and oxygen atoms in total. The number of ketones is 1. The number of carboxylic acid groups (broad SMARTS) is 1. The van der Waals surface area contributed by atoms with Crippen LogP contribution in [-0.2, 0) is 19.1 Å². The van der Waals surface area contributed by atoms with Crippen LogP contribution in [0.5, 0.6) is 0 Å². The molecule has 0 aliphatic heterocycles. The van der Waals surface area contributed by atoms with Crippen LogP contribution in [0.1, 0.15) is 40.0 Å². The molecular formula is C13H20F3NO5. The molecule has 0 fully saturated rings. The summed E-state index contributed by atoms with van der Waals surface area (Å²) in [6.45, 7) is 4.68. The predicted molar refractivity (Wildman–Crippen MR) is 70.2 cm³/mol. The van der Waals surface area contributed by atoms with E-state index in [0.29, 0.717) is 0 Å². The largest absolute Gasteiger partial charge is 0.481 e. The van der Waals surface area contributed by atoms with Gasteiger partial charge in [0, 0.05) is 6.42 Å². The molecule has 9 heteroatoms. The minimum absolute atomic E-state index is 0.328. The number of hydrogen-bond acceptors (Lipinski definition) is 4. The second-order valence-corrected chi connectivity index (χ2v) is 5.70. The van der Waals surface area contributed by atoms with E-state index in [1.54, 1.807) is 20.8 Å². The molecule has 0 aliphatic rings. The fourth-order valence-corrected chi connectivity index (χ4v) is 1.38. The molecule has 0 saturated carbocycles. The molecule has 1 amide bonds. The highest BCUT2D eigenvalue weighted by Crippen LogP contribution is 2.19. The summed E-state index contributed by atoms with van der Waals surface area (Å²) in [6, 6.07) is -1.31. The van der Waals surface area contributed by atoms with Crippen molar-refractivity contribution in [3.05, 3.63) is 0 Å². The maximum Gasteiger partial charge on any atom is 0.397 e. The molecule has 0 aromatic carbocycles. The summed E-state index contributed by atoms with van der Waals surface area (Å²) in [4.78, 5) is 33.5. The first kappa shape index (κ1) is 20.4. The standard InChI is InChI=1S/C13H20F3NO5/c1-12(2,3)22-7-8(9(18)4-5-11(20)21)17-10(19)6-13(14,15)16/h8H,4-7H2,1-3H3,(H,17,19)(H,20,21). The van der Waals surface area contributed by atoms with Crippen molar-refractivity contribution in [2.75, 3.05) is 6.61 Å². The van der Waals surface area contributed by atoms with Gasteiger partial charge in [0.2, 0.25) is 5.91 Å². The number of aliphatic carboxylic acids is 1. The Morgan fingerprint density at radius 2 is 1.68 bits per heavy atom. The number of Topliss-reactive ketones (excluding diaryl/α,β-unsaturated/α-hetero) is 1. The smallest absolute Gasteiger partial charge is 0.397 e. The number of hydrogen-bond donors (Lipinski definition) is 2. The molecule has 0 bridgehead atoms. The van der Waals surface area contributed by atoms with Gasteiger partial charge in [-0.3, -0.25) is 14.4 Å². The summed E-state index contributed by atoms with van der Waals surface area (Å²) < 4.78 is 41.7. The highest BCUT2D eigenvalue weighted by atomic mass is 19.4. The van der Waals surface area contributed by atoms with Crippen LogP contribution < -0.4 is 5.32 Å². The summed E-state index contributed by atoms with van der Waals surface area (Å²) in [5, 5.41) is 10.5. The van der Waals surface area contributed by atoms with Crippen molar-refractivity contribution in [3.8, 4) is 0 Å². The van der Waals surface area contributed by atoms with Crippen molar-refractivity contribution in [2.24, 2.45) is 0 Å². The average Bonchev–Trinajstić information content (AvgIpc) is 2.27. The van der Waals surface area contributed by atoms with Gasteiger partial charge in [-0.05, 0) is 20.8 Å². The minimum Gasteiger partial charge on any atom is -0.481 e. The van der Waals surface area contributed by atoms with Crippen LogP contribution in [0.15, 0.2) is 0 Å². The lowest BCUT2D eigenvalue weighted by Gasteiger charge is -2.24. The Morgan fingerprint density at radius 1 is 1.14 bits per heavy atom. The Bertz CT molecular complexity index is 415. The Kier molecular flexibility index (Phi) is 7.51. The van der Waals surface area contributed by atoms with Crippen LogP contribution >= 0.6 is 0 Å². The van der Waals surface area contributed by atoms with E-state index < -0.39 is 54.7 Å². The number of nitrogens with one attached hydrogen (secondary N) is 1. The first-order chi connectivity index (χ1) is 9.80. The van der Waals surface area contributed by atoms with E-state index >= 15 is 0 Å². The molecule has 0 heterocycles. The topological polar surface area (TPSA) is 92.7 Å². The lowest BCUT2D eigenvalue weighted by molar-refractivity contribution is -0.156. The zero-order valence-electron chi connectivity index (χ0n) is 12.6. The van der Waals surface area contributed by atoms with Crippen molar-refractivity contribution < 1.29 is 37.4 Å². The van der Waals surface area contributed by atoms with Crippen LogP contribution in [0.25, 0.3) is 0 Å². The molecule has 1 atom stereocenters. The average molecular weight is 327 g/mol. The zero-order chi connectivity index (χ0) is 17.6. The van der Waals surface area contributed by atoms with Crippen LogP contribution in [0.3, 0.4) is 0 Å². The van der Waals surface area contributed by atoms with Gasteiger partial charge in [-0.15, -0.1) is 0 Å². The summed E-state index contributed by atoms with van der Waals surface area (Å²) in [7, 11) is 0. The van der Waals surface area contributed by atoms with E-state index in [0.717, 1.165) is 0 Å². The summed E-state index contributed by atoms with van der Waals surface area (Å²) in [6.07, 6.45) is -7.28. The molecule has 0 spiro atoms. The Hall–Kier alpha value is -1.64. The third-order valence-corrected chi connectivity index (χ3v) is 2.35. The SMILES string of the molecule is CC(C)(C)OCC(NC(=O)CC(F)(F)F)C(=O)CCC(=O)O. The molecule has 0 radical (unpaired) electrons. The van der Waals surface area contributed by atoms with E-state index in [1.807, 2.05) is 5.32 Å². The van der Waals surface area contributed by atoms with Gasteiger partial charge < -0.3 is 15.2 Å². The third-order valence-electron chi connectivity index (χ3n) is 2.35. The molecule has 1 unspecified atom stereocenters. The van der Waals surface area contributed by atoms with Crippen LogP contribution in [-0.4, -0.2) is 47.2 Å². The van der Waals surface area contributed by atoms with Gasteiger partial charge in [0.15, 0.2) is 5.78 Å². The van der Waals surface area contributed by atoms with E-state index in [4.69, 9.17) is 9.84 Å². The third kappa shape index (κ3) is 11.1. The summed E-state index contributed by atoms with van der Waals surface area (Å²) >= 11 is 0. The van der Waals surface area contributed by atoms with Crippen LogP contribution in [0.4, 0.5) is 13.2 Å². The second-order valence-electron chi connectivity index (χ2n) is 5.70. The van der Waals surface area contributed by atoms with Gasteiger partial charge in [0.1, 0.15) is 12.5 Å². The van der Waals surface area contributed by atoms with Crippen molar-refractivity contribution in [1.29, 1.82) is 0 Å². The lowest BCUT2D eigenvalue weighted by atomic mass is 10.1. The van der Waals surface area contributed by atoms with Gasteiger partial charge in [-0.1, -0.05) is 0 Å². The van der Waals surface area contributed by atoms with Gasteiger partial charge >= 0.3 is 12.1 Å². The number of carbonyl (C=O) groups excluding carboxylic acids is 2. The molecule has 0 rings (SSSR count). The number of ether oxygens (including phenoxy) is 1. The van der Waals surface area contributed by atoms with E-state index in [9.17, 15) is 27.6 Å². The molecule has 0 aliphatic carbocycles. The molecular weight excluding hydrogens is 307 g/mol. The predicted octanol–water partition coefficient (Wildman–Crippen LogP) is 1.67. The maximum absolute atomic E-state index is 12.1. The Balaban J connectivity index is 4.74. The second kappa shape index (κ2) is 8.11. The maximum atomic E-state index is 12.1. The Morgan fingerprint density at radius 3 is 2.09 bits per heavy atom. The van der Waals surface area contributed by atoms with Gasteiger partial charge in [-0.25, -0.2) is 0 Å². The van der Waals surface area contributed by atoms with Crippen LogP contribution in [0, 0.1) is 0 Å². The van der Waals surface area contributed by atoms with Crippen molar-refractivity contribution in [2.45, 2.75) is 57.9 Å². The molecule has 22 heavy (non-hydrogen) atoms. The first-order valence-corrected chi connectivity index (χ1v) is 6.55. The van der Waals surface area contributed by atoms with E-state index in [1.165, 1.54) is 0 Å². The molecule has 0 saturated heterocycles. The van der Waals surface area contributed by atoms with Crippen molar-refractivity contribution in [1.82, 2.24) is 5.32 Å². The summed E-state index contributed by atoms with van der Waals surface area (Å²) in [5.74, 6) is -3.27. The molecule has 0 aromatic heterocycles. The fourth-order valence-electron chi connectivity index (χ4n) is 1.38. The van der Waals surface area contributed by atoms with E-state index in [2.05, 4.69) is 0 Å². The highest BCUT2D eigenvalue weighted by Gasteiger charge is 2.33. The number of rotatable bonds is 8. The van der Waals surface area contributed by atoms with Crippen molar-refractivity contribution in [3.63, 3.8) is 0 Å². The van der Waals surface area contributed by atoms with Gasteiger partial charge in [0.05, 0.1) is 18.6 Å². The minimum atomic E-state index is -4.69. The van der Waals surface area contributed by atoms with Gasteiger partial charge in [0.25, 0.3) is 0 Å². The number of halogens is 3. The number of carbonyl (C=O) groups is 3. The van der Waals surface area contributed by atoms with Crippen molar-refractivity contribution >= 4 is 17.7 Å². The zero-order valence-corrected chi connectivity index (χ0v) is 12.6. The fraction of sp³-hybridized carbons (Fsp3) is 0.769. The monoisotopic (exact) mass is 327 g/mol. The molecule has 2 N–H and O–H groups in total. The van der Waals surface area contributed by atoms with Crippen LogP contribution in [0.2, 0.25) is 0 Å². The molecule has 0 aromatic rings. The summed E-state index contributed by atoms with van der Waals surface area (Å²) in [5.41, 5.74) is -0.667.